The zero-order chi connectivity index (χ0) is 17.9. The first-order valence-corrected chi connectivity index (χ1v) is 7.70. The highest BCUT2D eigenvalue weighted by molar-refractivity contribution is 6.02. The topological polar surface area (TPSA) is 83.2 Å². The number of benzene rings is 1. The van der Waals surface area contributed by atoms with Gasteiger partial charge < -0.3 is 9.84 Å². The standard InChI is InChI=1S/C19H20N2O3/c1-11(2)9-16(22)14(10-20)18-17(19(23)24-4)12(3)13-7-5-6-8-15(13)21-18/h5-8,11,22H,9H2,1-4H3/b16-14-. The third-order valence-corrected chi connectivity index (χ3v) is 3.78. The molecule has 0 unspecified atom stereocenters. The molecule has 5 nitrogen and oxygen atoms in total. The molecule has 0 saturated heterocycles. The van der Waals surface area contributed by atoms with Gasteiger partial charge in [-0.3, -0.25) is 0 Å². The second-order valence-corrected chi connectivity index (χ2v) is 6.00. The fraction of sp³-hybridized carbons (Fsp3) is 0.316. The van der Waals surface area contributed by atoms with Crippen LogP contribution < -0.4 is 0 Å². The molecule has 0 aliphatic carbocycles. The molecule has 0 atom stereocenters. The third kappa shape index (κ3) is 3.23. The number of pyridine rings is 1. The number of carbonyl (C=O) groups excluding carboxylic acids is 1. The molecule has 1 aromatic heterocycles. The van der Waals surface area contributed by atoms with E-state index in [1.807, 2.05) is 38.1 Å². The van der Waals surface area contributed by atoms with Gasteiger partial charge >= 0.3 is 5.97 Å². The van der Waals surface area contributed by atoms with E-state index in [4.69, 9.17) is 4.74 Å². The Kier molecular flexibility index (Phi) is 5.20. The van der Waals surface area contributed by atoms with E-state index in [2.05, 4.69) is 4.98 Å². The average molecular weight is 324 g/mol. The van der Waals surface area contributed by atoms with Gasteiger partial charge in [-0.2, -0.15) is 5.26 Å². The number of methoxy groups -OCH3 is 1. The van der Waals surface area contributed by atoms with Gasteiger partial charge in [0.1, 0.15) is 17.4 Å². The molecule has 1 N–H and O–H groups in total. The number of esters is 1. The normalized spacial score (nSPS) is 12.0. The van der Waals surface area contributed by atoms with Crippen LogP contribution in [0.1, 0.15) is 41.9 Å². The largest absolute Gasteiger partial charge is 0.511 e. The molecular weight excluding hydrogens is 304 g/mol. The fourth-order valence-corrected chi connectivity index (χ4v) is 2.65. The first kappa shape index (κ1) is 17.5. The summed E-state index contributed by atoms with van der Waals surface area (Å²) in [5.74, 6) is -0.484. The number of carbonyl (C=O) groups is 1. The summed E-state index contributed by atoms with van der Waals surface area (Å²) in [6.45, 7) is 5.66. The van der Waals surface area contributed by atoms with Gasteiger partial charge in [0, 0.05) is 11.8 Å². The number of aliphatic hydroxyl groups is 1. The van der Waals surface area contributed by atoms with Crippen LogP contribution in [0.25, 0.3) is 16.5 Å². The molecule has 0 bridgehead atoms. The summed E-state index contributed by atoms with van der Waals surface area (Å²) in [4.78, 5) is 16.8. The summed E-state index contributed by atoms with van der Waals surface area (Å²) < 4.78 is 4.87. The van der Waals surface area contributed by atoms with Crippen LogP contribution in [-0.2, 0) is 4.74 Å². The molecule has 124 valence electrons. The molecule has 2 aromatic rings. The van der Waals surface area contributed by atoms with Crippen molar-refractivity contribution in [1.82, 2.24) is 4.98 Å². The van der Waals surface area contributed by atoms with Crippen LogP contribution in [0.15, 0.2) is 30.0 Å². The minimum Gasteiger partial charge on any atom is -0.511 e. The van der Waals surface area contributed by atoms with Crippen LogP contribution in [0.2, 0.25) is 0 Å². The Balaban J connectivity index is 2.85. The van der Waals surface area contributed by atoms with Crippen molar-refractivity contribution in [2.45, 2.75) is 27.2 Å². The Bertz CT molecular complexity index is 861. The number of aryl methyl sites for hydroxylation is 1. The Morgan fingerprint density at radius 2 is 2.04 bits per heavy atom. The van der Waals surface area contributed by atoms with Crippen molar-refractivity contribution < 1.29 is 14.6 Å². The lowest BCUT2D eigenvalue weighted by molar-refractivity contribution is 0.0599. The van der Waals surface area contributed by atoms with Gasteiger partial charge in [0.05, 0.1) is 23.9 Å². The Labute approximate surface area is 141 Å². The minimum absolute atomic E-state index is 0.0120. The molecule has 0 aliphatic heterocycles. The van der Waals surface area contributed by atoms with Gasteiger partial charge in [0.2, 0.25) is 0 Å². The van der Waals surface area contributed by atoms with E-state index < -0.39 is 5.97 Å². The highest BCUT2D eigenvalue weighted by atomic mass is 16.5. The third-order valence-electron chi connectivity index (χ3n) is 3.78. The van der Waals surface area contributed by atoms with Crippen molar-refractivity contribution >= 4 is 22.4 Å². The Morgan fingerprint density at radius 1 is 1.38 bits per heavy atom. The monoisotopic (exact) mass is 324 g/mol. The second kappa shape index (κ2) is 7.14. The predicted octanol–water partition coefficient (Wildman–Crippen LogP) is 4.17. The molecule has 0 spiro atoms. The van der Waals surface area contributed by atoms with Crippen LogP contribution in [-0.4, -0.2) is 23.2 Å². The van der Waals surface area contributed by atoms with E-state index in [0.717, 1.165) is 5.39 Å². The summed E-state index contributed by atoms with van der Waals surface area (Å²) in [6, 6.07) is 9.35. The minimum atomic E-state index is -0.578. The van der Waals surface area contributed by atoms with Crippen molar-refractivity contribution in [3.05, 3.63) is 46.8 Å². The highest BCUT2D eigenvalue weighted by Crippen LogP contribution is 2.30. The van der Waals surface area contributed by atoms with Gasteiger partial charge in [-0.25, -0.2) is 9.78 Å². The van der Waals surface area contributed by atoms with Crippen molar-refractivity contribution in [2.24, 2.45) is 5.92 Å². The number of aromatic nitrogens is 1. The van der Waals surface area contributed by atoms with E-state index in [0.29, 0.717) is 17.5 Å². The van der Waals surface area contributed by atoms with E-state index in [1.54, 1.807) is 13.0 Å². The van der Waals surface area contributed by atoms with Crippen LogP contribution in [0, 0.1) is 24.2 Å². The van der Waals surface area contributed by atoms with Gasteiger partial charge in [0.15, 0.2) is 0 Å². The lowest BCUT2D eigenvalue weighted by Crippen LogP contribution is -2.11. The SMILES string of the molecule is COC(=O)c1c(/C(C#N)=C(\O)CC(C)C)nc2ccccc2c1C. The van der Waals surface area contributed by atoms with Crippen molar-refractivity contribution in [3.8, 4) is 6.07 Å². The van der Waals surface area contributed by atoms with Crippen molar-refractivity contribution in [3.63, 3.8) is 0 Å². The van der Waals surface area contributed by atoms with E-state index >= 15 is 0 Å². The second-order valence-electron chi connectivity index (χ2n) is 6.00. The lowest BCUT2D eigenvalue weighted by atomic mass is 9.96. The maximum Gasteiger partial charge on any atom is 0.340 e. The van der Waals surface area contributed by atoms with E-state index in [1.165, 1.54) is 7.11 Å². The van der Waals surface area contributed by atoms with Crippen LogP contribution in [0.4, 0.5) is 0 Å². The number of ether oxygens (including phenoxy) is 1. The molecule has 24 heavy (non-hydrogen) atoms. The van der Waals surface area contributed by atoms with Crippen LogP contribution >= 0.6 is 0 Å². The van der Waals surface area contributed by atoms with Gasteiger partial charge in [-0.1, -0.05) is 32.0 Å². The summed E-state index contributed by atoms with van der Waals surface area (Å²) in [6.07, 6.45) is 0.330. The van der Waals surface area contributed by atoms with Crippen LogP contribution in [0.5, 0.6) is 0 Å². The first-order valence-electron chi connectivity index (χ1n) is 7.70. The number of aliphatic hydroxyl groups excluding tert-OH is 1. The Morgan fingerprint density at radius 3 is 2.62 bits per heavy atom. The highest BCUT2D eigenvalue weighted by Gasteiger charge is 2.24. The maximum atomic E-state index is 12.3. The summed E-state index contributed by atoms with van der Waals surface area (Å²) in [5.41, 5.74) is 1.72. The zero-order valence-electron chi connectivity index (χ0n) is 14.3. The molecule has 5 heteroatoms. The molecule has 0 radical (unpaired) electrons. The number of hydrogen-bond donors (Lipinski definition) is 1. The van der Waals surface area contributed by atoms with Crippen molar-refractivity contribution in [2.75, 3.05) is 7.11 Å². The number of fused-ring (bicyclic) bond motifs is 1. The van der Waals surface area contributed by atoms with Crippen LogP contribution in [0.3, 0.4) is 0 Å². The Hall–Kier alpha value is -2.87. The summed E-state index contributed by atoms with van der Waals surface area (Å²) in [5, 5.41) is 20.7. The number of hydrogen-bond acceptors (Lipinski definition) is 5. The van der Waals surface area contributed by atoms with Crippen molar-refractivity contribution in [1.29, 1.82) is 5.26 Å². The average Bonchev–Trinajstić information content (AvgIpc) is 2.54. The van der Waals surface area contributed by atoms with E-state index in [9.17, 15) is 15.2 Å². The summed E-state index contributed by atoms with van der Waals surface area (Å²) >= 11 is 0. The van der Waals surface area contributed by atoms with Gasteiger partial charge in [-0.15, -0.1) is 0 Å². The summed E-state index contributed by atoms with van der Waals surface area (Å²) in [7, 11) is 1.28. The molecule has 2 rings (SSSR count). The number of para-hydroxylation sites is 1. The predicted molar refractivity (Wildman–Crippen MR) is 92.4 cm³/mol. The molecule has 0 aliphatic rings. The molecule has 0 saturated carbocycles. The number of nitriles is 1. The van der Waals surface area contributed by atoms with Gasteiger partial charge in [0.25, 0.3) is 0 Å². The quantitative estimate of drug-likeness (QED) is 0.518. The zero-order valence-corrected chi connectivity index (χ0v) is 14.3. The fourth-order valence-electron chi connectivity index (χ4n) is 2.65. The molecule has 0 fully saturated rings. The molecule has 0 amide bonds. The lowest BCUT2D eigenvalue weighted by Gasteiger charge is -2.14. The first-order chi connectivity index (χ1) is 11.4. The number of rotatable bonds is 4. The number of allylic oxidation sites excluding steroid dienone is 2. The molecule has 1 heterocycles. The maximum absolute atomic E-state index is 12.3. The number of nitrogens with zero attached hydrogens (tertiary/aromatic N) is 2. The van der Waals surface area contributed by atoms with Gasteiger partial charge in [-0.05, 0) is 24.5 Å². The molecular formula is C19H20N2O3. The van der Waals surface area contributed by atoms with E-state index in [-0.39, 0.29) is 28.5 Å². The smallest absolute Gasteiger partial charge is 0.340 e. The molecule has 1 aromatic carbocycles.